The normalized spacial score (nSPS) is 18.8. The molecule has 1 fully saturated rings. The van der Waals surface area contributed by atoms with Gasteiger partial charge in [0.1, 0.15) is 5.78 Å². The van der Waals surface area contributed by atoms with Crippen LogP contribution in [-0.2, 0) is 10.2 Å². The van der Waals surface area contributed by atoms with E-state index in [0.717, 1.165) is 5.56 Å². The van der Waals surface area contributed by atoms with Crippen LogP contribution in [0.2, 0.25) is 0 Å². The number of carbonyl (C=O) groups excluding carboxylic acids is 1. The summed E-state index contributed by atoms with van der Waals surface area (Å²) in [5.74, 6) is 0.258. The van der Waals surface area contributed by atoms with E-state index in [4.69, 9.17) is 5.41 Å². The molecule has 0 aromatic heterocycles. The minimum atomic E-state index is -0.287. The van der Waals surface area contributed by atoms with Gasteiger partial charge < -0.3 is 5.41 Å². The number of hydrogen-bond acceptors (Lipinski definition) is 2. The van der Waals surface area contributed by atoms with E-state index in [-0.39, 0.29) is 11.2 Å². The average molecular weight is 187 g/mol. The van der Waals surface area contributed by atoms with Gasteiger partial charge in [0.2, 0.25) is 0 Å². The summed E-state index contributed by atoms with van der Waals surface area (Å²) in [6, 6.07) is 8.10. The van der Waals surface area contributed by atoms with Crippen molar-refractivity contribution < 1.29 is 4.79 Å². The van der Waals surface area contributed by atoms with Crippen LogP contribution in [0.1, 0.15) is 24.0 Å². The fourth-order valence-corrected chi connectivity index (χ4v) is 1.93. The predicted molar refractivity (Wildman–Crippen MR) is 55.9 cm³/mol. The van der Waals surface area contributed by atoms with Gasteiger partial charge in [-0.2, -0.15) is 0 Å². The molecule has 2 nitrogen and oxygen atoms in total. The van der Waals surface area contributed by atoms with Crippen LogP contribution in [0.25, 0.3) is 0 Å². The number of benzene rings is 1. The quantitative estimate of drug-likeness (QED) is 0.709. The van der Waals surface area contributed by atoms with Crippen molar-refractivity contribution in [2.45, 2.75) is 25.2 Å². The zero-order valence-electron chi connectivity index (χ0n) is 8.21. The van der Waals surface area contributed by atoms with E-state index in [2.05, 4.69) is 0 Å². The van der Waals surface area contributed by atoms with E-state index in [1.165, 1.54) is 11.8 Å². The molecule has 0 amide bonds. The average Bonchev–Trinajstić information content (AvgIpc) is 2.14. The zero-order valence-corrected chi connectivity index (χ0v) is 8.21. The first-order valence-electron chi connectivity index (χ1n) is 4.77. The molecule has 0 atom stereocenters. The van der Waals surface area contributed by atoms with Gasteiger partial charge in [-0.05, 0) is 12.5 Å². The highest BCUT2D eigenvalue weighted by Crippen LogP contribution is 2.39. The van der Waals surface area contributed by atoms with Gasteiger partial charge in [0.05, 0.1) is 0 Å². The van der Waals surface area contributed by atoms with Gasteiger partial charge in [0, 0.05) is 24.5 Å². The van der Waals surface area contributed by atoms with Crippen LogP contribution in [0.15, 0.2) is 24.3 Å². The standard InChI is InChI=1S/C12H13NO/c1-9-2-4-10(5-3-9)12(8-13)6-11(14)7-12/h2-5,8,13H,6-7H2,1H3. The molecule has 72 valence electrons. The topological polar surface area (TPSA) is 40.9 Å². The monoisotopic (exact) mass is 187 g/mol. The fourth-order valence-electron chi connectivity index (χ4n) is 1.93. The number of rotatable bonds is 2. The number of nitrogens with one attached hydrogen (secondary N) is 1. The molecular weight excluding hydrogens is 174 g/mol. The Morgan fingerprint density at radius 3 is 2.29 bits per heavy atom. The van der Waals surface area contributed by atoms with Gasteiger partial charge in [-0.1, -0.05) is 29.8 Å². The molecule has 0 heterocycles. The van der Waals surface area contributed by atoms with Crippen LogP contribution in [0, 0.1) is 12.3 Å². The minimum absolute atomic E-state index is 0.258. The van der Waals surface area contributed by atoms with Gasteiger partial charge in [-0.3, -0.25) is 4.79 Å². The van der Waals surface area contributed by atoms with Gasteiger partial charge in [-0.15, -0.1) is 0 Å². The summed E-state index contributed by atoms with van der Waals surface area (Å²) in [6.45, 7) is 2.03. The lowest BCUT2D eigenvalue weighted by Gasteiger charge is -2.37. The molecule has 0 spiro atoms. The Kier molecular flexibility index (Phi) is 1.99. The van der Waals surface area contributed by atoms with Crippen molar-refractivity contribution in [1.82, 2.24) is 0 Å². The Hall–Kier alpha value is -1.44. The molecule has 0 saturated heterocycles. The van der Waals surface area contributed by atoms with Gasteiger partial charge >= 0.3 is 0 Å². The molecule has 2 heteroatoms. The lowest BCUT2D eigenvalue weighted by Crippen LogP contribution is -2.42. The number of carbonyl (C=O) groups is 1. The van der Waals surface area contributed by atoms with Crippen molar-refractivity contribution in [2.24, 2.45) is 0 Å². The van der Waals surface area contributed by atoms with Crippen molar-refractivity contribution in [3.05, 3.63) is 35.4 Å². The first kappa shape index (κ1) is 9.13. The maximum absolute atomic E-state index is 11.0. The summed E-state index contributed by atoms with van der Waals surface area (Å²) in [6.07, 6.45) is 2.41. The Bertz CT molecular complexity index is 370. The Balaban J connectivity index is 2.33. The summed E-state index contributed by atoms with van der Waals surface area (Å²) in [5.41, 5.74) is 2.02. The van der Waals surface area contributed by atoms with Crippen LogP contribution >= 0.6 is 0 Å². The molecule has 1 saturated carbocycles. The van der Waals surface area contributed by atoms with E-state index in [1.807, 2.05) is 31.2 Å². The maximum Gasteiger partial charge on any atom is 0.135 e. The first-order valence-corrected chi connectivity index (χ1v) is 4.77. The van der Waals surface area contributed by atoms with E-state index in [1.54, 1.807) is 0 Å². The molecule has 1 aliphatic carbocycles. The van der Waals surface area contributed by atoms with E-state index < -0.39 is 0 Å². The van der Waals surface area contributed by atoms with Crippen molar-refractivity contribution in [3.8, 4) is 0 Å². The second-order valence-corrected chi connectivity index (χ2v) is 4.06. The Morgan fingerprint density at radius 2 is 1.86 bits per heavy atom. The molecule has 0 bridgehead atoms. The van der Waals surface area contributed by atoms with Gasteiger partial charge in [0.15, 0.2) is 0 Å². The summed E-state index contributed by atoms with van der Waals surface area (Å²) in [4.78, 5) is 11.0. The number of aryl methyl sites for hydroxylation is 1. The van der Waals surface area contributed by atoms with Crippen molar-refractivity contribution in [2.75, 3.05) is 0 Å². The third-order valence-electron chi connectivity index (χ3n) is 2.93. The molecular formula is C12H13NO. The number of Topliss-reactive ketones (excluding diaryl/α,β-unsaturated/α-hetero) is 1. The number of ketones is 1. The molecule has 0 aliphatic heterocycles. The Labute approximate surface area is 83.5 Å². The second-order valence-electron chi connectivity index (χ2n) is 4.06. The molecule has 14 heavy (non-hydrogen) atoms. The van der Waals surface area contributed by atoms with Crippen molar-refractivity contribution in [3.63, 3.8) is 0 Å². The smallest absolute Gasteiger partial charge is 0.135 e. The highest BCUT2D eigenvalue weighted by atomic mass is 16.1. The molecule has 0 unspecified atom stereocenters. The fraction of sp³-hybridized carbons (Fsp3) is 0.333. The molecule has 2 rings (SSSR count). The molecule has 1 N–H and O–H groups in total. The highest BCUT2D eigenvalue weighted by Gasteiger charge is 2.43. The van der Waals surface area contributed by atoms with Crippen molar-refractivity contribution >= 4 is 12.0 Å². The van der Waals surface area contributed by atoms with Crippen LogP contribution in [0.5, 0.6) is 0 Å². The van der Waals surface area contributed by atoms with Crippen LogP contribution in [0.3, 0.4) is 0 Å². The molecule has 0 radical (unpaired) electrons. The first-order chi connectivity index (χ1) is 6.66. The van der Waals surface area contributed by atoms with Crippen LogP contribution < -0.4 is 0 Å². The van der Waals surface area contributed by atoms with E-state index in [0.29, 0.717) is 12.8 Å². The van der Waals surface area contributed by atoms with Crippen molar-refractivity contribution in [1.29, 1.82) is 5.41 Å². The molecule has 1 aromatic carbocycles. The maximum atomic E-state index is 11.0. The number of hydrogen-bond donors (Lipinski definition) is 1. The highest BCUT2D eigenvalue weighted by molar-refractivity contribution is 5.97. The zero-order chi connectivity index (χ0) is 10.2. The van der Waals surface area contributed by atoms with E-state index >= 15 is 0 Å². The Morgan fingerprint density at radius 1 is 1.29 bits per heavy atom. The predicted octanol–water partition coefficient (Wildman–Crippen LogP) is 2.25. The summed E-state index contributed by atoms with van der Waals surface area (Å²) in [5, 5.41) is 7.41. The third kappa shape index (κ3) is 1.27. The second kappa shape index (κ2) is 3.05. The minimum Gasteiger partial charge on any atom is -0.312 e. The summed E-state index contributed by atoms with van der Waals surface area (Å²) in [7, 11) is 0. The lowest BCUT2D eigenvalue weighted by molar-refractivity contribution is -0.126. The van der Waals surface area contributed by atoms with Crippen LogP contribution in [-0.4, -0.2) is 12.0 Å². The summed E-state index contributed by atoms with van der Waals surface area (Å²) < 4.78 is 0. The summed E-state index contributed by atoms with van der Waals surface area (Å²) >= 11 is 0. The van der Waals surface area contributed by atoms with Gasteiger partial charge in [0.25, 0.3) is 0 Å². The molecule has 1 aromatic rings. The van der Waals surface area contributed by atoms with Crippen LogP contribution in [0.4, 0.5) is 0 Å². The van der Waals surface area contributed by atoms with E-state index in [9.17, 15) is 4.79 Å². The van der Waals surface area contributed by atoms with Gasteiger partial charge in [-0.25, -0.2) is 0 Å². The lowest BCUT2D eigenvalue weighted by atomic mass is 9.64. The SMILES string of the molecule is Cc1ccc(C2(C=N)CC(=O)C2)cc1. The molecule has 1 aliphatic rings. The largest absolute Gasteiger partial charge is 0.312 e. The third-order valence-corrected chi connectivity index (χ3v) is 2.93.